The van der Waals surface area contributed by atoms with Crippen molar-refractivity contribution < 1.29 is 4.39 Å². The molecule has 138 valence electrons. The molecule has 0 spiro atoms. The van der Waals surface area contributed by atoms with Crippen LogP contribution in [-0.4, -0.2) is 36.1 Å². The Labute approximate surface area is 164 Å². The molecule has 1 aliphatic heterocycles. The molecule has 5 rings (SSSR count). The highest BCUT2D eigenvalue weighted by Gasteiger charge is 2.23. The largest absolute Gasteiger partial charge is 0.345 e. The first-order valence-corrected chi connectivity index (χ1v) is 10.8. The zero-order valence-electron chi connectivity index (χ0n) is 15.0. The summed E-state index contributed by atoms with van der Waals surface area (Å²) in [6.07, 6.45) is 1.00. The molecule has 4 aromatic rings. The molecule has 0 radical (unpaired) electrons. The molecule has 7 heteroatoms. The Hall–Kier alpha value is -2.25. The molecule has 0 amide bonds. The number of halogens is 1. The number of rotatable bonds is 3. The van der Waals surface area contributed by atoms with Gasteiger partial charge < -0.3 is 9.80 Å². The van der Waals surface area contributed by atoms with Gasteiger partial charge in [0.15, 0.2) is 10.3 Å². The standard InChI is InChI=1S/C20H19FN4S2/c1-2-13-5-3-7-15-17(13)22-19(26-15)24-9-11-25(12-10-24)20-23-18-14(21)6-4-8-16(18)27-20/h3-8H,2,9-12H2,1H3. The minimum absolute atomic E-state index is 0.241. The lowest BCUT2D eigenvalue weighted by atomic mass is 10.1. The fourth-order valence-electron chi connectivity index (χ4n) is 3.54. The predicted molar refractivity (Wildman–Crippen MR) is 113 cm³/mol. The second kappa shape index (κ2) is 6.73. The van der Waals surface area contributed by atoms with Crippen molar-refractivity contribution in [3.63, 3.8) is 0 Å². The van der Waals surface area contributed by atoms with E-state index in [0.717, 1.165) is 53.1 Å². The molecule has 0 aliphatic carbocycles. The molecule has 2 aromatic carbocycles. The van der Waals surface area contributed by atoms with E-state index in [1.54, 1.807) is 28.7 Å². The zero-order valence-corrected chi connectivity index (χ0v) is 16.6. The first-order chi connectivity index (χ1) is 13.2. The van der Waals surface area contributed by atoms with E-state index < -0.39 is 0 Å². The number of para-hydroxylation sites is 2. The van der Waals surface area contributed by atoms with Gasteiger partial charge in [0.25, 0.3) is 0 Å². The molecule has 2 aromatic heterocycles. The van der Waals surface area contributed by atoms with Gasteiger partial charge in [-0.25, -0.2) is 14.4 Å². The van der Waals surface area contributed by atoms with Gasteiger partial charge >= 0.3 is 0 Å². The number of aryl methyl sites for hydroxylation is 1. The molecular formula is C20H19FN4S2. The normalized spacial score (nSPS) is 15.2. The lowest BCUT2D eigenvalue weighted by molar-refractivity contribution is 0.635. The smallest absolute Gasteiger partial charge is 0.186 e. The van der Waals surface area contributed by atoms with Crippen LogP contribution in [0, 0.1) is 5.82 Å². The van der Waals surface area contributed by atoms with Crippen LogP contribution in [0.4, 0.5) is 14.7 Å². The number of aromatic nitrogens is 2. The van der Waals surface area contributed by atoms with Gasteiger partial charge in [0, 0.05) is 26.2 Å². The van der Waals surface area contributed by atoms with E-state index in [2.05, 4.69) is 39.9 Å². The molecule has 1 saturated heterocycles. The molecule has 0 unspecified atom stereocenters. The van der Waals surface area contributed by atoms with Crippen molar-refractivity contribution in [1.82, 2.24) is 9.97 Å². The summed E-state index contributed by atoms with van der Waals surface area (Å²) in [4.78, 5) is 14.1. The first kappa shape index (κ1) is 16.9. The van der Waals surface area contributed by atoms with Crippen LogP contribution < -0.4 is 9.80 Å². The number of anilines is 2. The van der Waals surface area contributed by atoms with Gasteiger partial charge in [-0.2, -0.15) is 0 Å². The second-order valence-electron chi connectivity index (χ2n) is 6.67. The van der Waals surface area contributed by atoms with Gasteiger partial charge in [-0.15, -0.1) is 0 Å². The highest BCUT2D eigenvalue weighted by atomic mass is 32.1. The number of thiazole rings is 2. The average molecular weight is 399 g/mol. The van der Waals surface area contributed by atoms with Gasteiger partial charge in [0.05, 0.1) is 14.9 Å². The number of piperazine rings is 1. The topological polar surface area (TPSA) is 32.3 Å². The number of benzene rings is 2. The van der Waals surface area contributed by atoms with E-state index in [1.165, 1.54) is 16.3 Å². The Bertz CT molecular complexity index is 1110. The van der Waals surface area contributed by atoms with Gasteiger partial charge in [0.1, 0.15) is 11.3 Å². The van der Waals surface area contributed by atoms with E-state index in [9.17, 15) is 4.39 Å². The van der Waals surface area contributed by atoms with Crippen molar-refractivity contribution in [2.75, 3.05) is 36.0 Å². The minimum Gasteiger partial charge on any atom is -0.345 e. The second-order valence-corrected chi connectivity index (χ2v) is 8.69. The summed E-state index contributed by atoms with van der Waals surface area (Å²) in [7, 11) is 0. The van der Waals surface area contributed by atoms with E-state index in [1.807, 2.05) is 6.07 Å². The van der Waals surface area contributed by atoms with Gasteiger partial charge in [-0.05, 0) is 30.2 Å². The number of hydrogen-bond acceptors (Lipinski definition) is 6. The Morgan fingerprint density at radius 1 is 0.852 bits per heavy atom. The quantitative estimate of drug-likeness (QED) is 0.490. The van der Waals surface area contributed by atoms with Crippen molar-refractivity contribution >= 4 is 53.4 Å². The van der Waals surface area contributed by atoms with Crippen LogP contribution in [0.1, 0.15) is 12.5 Å². The molecule has 0 N–H and O–H groups in total. The lowest BCUT2D eigenvalue weighted by Crippen LogP contribution is -2.46. The van der Waals surface area contributed by atoms with Crippen LogP contribution in [0.3, 0.4) is 0 Å². The third-order valence-electron chi connectivity index (χ3n) is 5.05. The minimum atomic E-state index is -0.241. The van der Waals surface area contributed by atoms with Crippen molar-refractivity contribution in [3.05, 3.63) is 47.8 Å². The summed E-state index contributed by atoms with van der Waals surface area (Å²) in [5.74, 6) is -0.241. The maximum absolute atomic E-state index is 13.9. The summed E-state index contributed by atoms with van der Waals surface area (Å²) in [6, 6.07) is 11.6. The Balaban J connectivity index is 1.36. The van der Waals surface area contributed by atoms with Crippen molar-refractivity contribution in [3.8, 4) is 0 Å². The molecule has 1 aliphatic rings. The Morgan fingerprint density at radius 3 is 2.00 bits per heavy atom. The Kier molecular flexibility index (Phi) is 4.21. The lowest BCUT2D eigenvalue weighted by Gasteiger charge is -2.34. The van der Waals surface area contributed by atoms with Crippen molar-refractivity contribution in [2.24, 2.45) is 0 Å². The van der Waals surface area contributed by atoms with Crippen LogP contribution in [0.2, 0.25) is 0 Å². The van der Waals surface area contributed by atoms with Crippen molar-refractivity contribution in [1.29, 1.82) is 0 Å². The molecule has 4 nitrogen and oxygen atoms in total. The molecule has 0 atom stereocenters. The van der Waals surface area contributed by atoms with Gasteiger partial charge in [-0.1, -0.05) is 47.8 Å². The molecular weight excluding hydrogens is 379 g/mol. The molecule has 0 bridgehead atoms. The third kappa shape index (κ3) is 2.95. The third-order valence-corrected chi connectivity index (χ3v) is 7.21. The monoisotopic (exact) mass is 398 g/mol. The average Bonchev–Trinajstić information content (AvgIpc) is 3.33. The van der Waals surface area contributed by atoms with Crippen LogP contribution in [0.15, 0.2) is 36.4 Å². The fraction of sp³-hybridized carbons (Fsp3) is 0.300. The van der Waals surface area contributed by atoms with Crippen LogP contribution in [-0.2, 0) is 6.42 Å². The van der Waals surface area contributed by atoms with E-state index in [0.29, 0.717) is 5.52 Å². The zero-order chi connectivity index (χ0) is 18.4. The molecule has 1 fully saturated rings. The Morgan fingerprint density at radius 2 is 1.41 bits per heavy atom. The van der Waals surface area contributed by atoms with Crippen LogP contribution in [0.5, 0.6) is 0 Å². The summed E-state index contributed by atoms with van der Waals surface area (Å²) in [5.41, 5.74) is 2.94. The first-order valence-electron chi connectivity index (χ1n) is 9.16. The van der Waals surface area contributed by atoms with E-state index in [-0.39, 0.29) is 5.82 Å². The number of hydrogen-bond donors (Lipinski definition) is 0. The summed E-state index contributed by atoms with van der Waals surface area (Å²) in [5, 5.41) is 2.01. The highest BCUT2D eigenvalue weighted by Crippen LogP contribution is 2.34. The summed E-state index contributed by atoms with van der Waals surface area (Å²) >= 11 is 3.34. The molecule has 27 heavy (non-hydrogen) atoms. The molecule has 3 heterocycles. The maximum atomic E-state index is 13.9. The van der Waals surface area contributed by atoms with Gasteiger partial charge in [-0.3, -0.25) is 0 Å². The summed E-state index contributed by atoms with van der Waals surface area (Å²) < 4.78 is 16.1. The van der Waals surface area contributed by atoms with E-state index in [4.69, 9.17) is 4.98 Å². The van der Waals surface area contributed by atoms with Crippen LogP contribution >= 0.6 is 22.7 Å². The number of nitrogens with zero attached hydrogens (tertiary/aromatic N) is 4. The SMILES string of the molecule is CCc1cccc2sc(N3CCN(c4nc5c(F)cccc5s4)CC3)nc12. The molecule has 0 saturated carbocycles. The number of fused-ring (bicyclic) bond motifs is 2. The predicted octanol–water partition coefficient (Wildman–Crippen LogP) is 4.93. The van der Waals surface area contributed by atoms with E-state index >= 15 is 0 Å². The van der Waals surface area contributed by atoms with Gasteiger partial charge in [0.2, 0.25) is 0 Å². The maximum Gasteiger partial charge on any atom is 0.186 e. The summed E-state index contributed by atoms with van der Waals surface area (Å²) in [6.45, 7) is 5.72. The fourth-order valence-corrected chi connectivity index (χ4v) is 5.64. The van der Waals surface area contributed by atoms with Crippen molar-refractivity contribution in [2.45, 2.75) is 13.3 Å². The van der Waals surface area contributed by atoms with Crippen LogP contribution in [0.25, 0.3) is 20.4 Å². The highest BCUT2D eigenvalue weighted by molar-refractivity contribution is 7.22.